The first-order valence-corrected chi connectivity index (χ1v) is 15.1. The predicted octanol–water partition coefficient (Wildman–Crippen LogP) is 4.83. The van der Waals surface area contributed by atoms with E-state index in [1.54, 1.807) is 48.5 Å². The summed E-state index contributed by atoms with van der Waals surface area (Å²) >= 11 is 6.08. The van der Waals surface area contributed by atoms with Crippen LogP contribution in [-0.2, 0) is 32.6 Å². The summed E-state index contributed by atoms with van der Waals surface area (Å²) < 4.78 is 26.7. The minimum atomic E-state index is -3.80. The van der Waals surface area contributed by atoms with E-state index in [1.807, 2.05) is 51.1 Å². The Bertz CT molecular complexity index is 1350. The molecule has 39 heavy (non-hydrogen) atoms. The Kier molecular flexibility index (Phi) is 10.5. The molecule has 0 radical (unpaired) electrons. The summed E-state index contributed by atoms with van der Waals surface area (Å²) in [5.74, 6) is -0.568. The van der Waals surface area contributed by atoms with Crippen molar-refractivity contribution in [2.45, 2.75) is 39.8 Å². The lowest BCUT2D eigenvalue weighted by molar-refractivity contribution is -0.140. The second kappa shape index (κ2) is 13.6. The van der Waals surface area contributed by atoms with E-state index in [0.29, 0.717) is 17.3 Å². The van der Waals surface area contributed by atoms with E-state index in [2.05, 4.69) is 5.32 Å². The molecule has 0 saturated heterocycles. The Balaban J connectivity index is 2.03. The standard InChI is InChI=1S/C30H36ClN3O4S/c1-22(2)19-32-30(36)28(18-24-8-6-5-7-9-24)33(20-25-12-14-26(31)15-13-25)29(35)21-34(39(4,37)38)27-16-10-23(3)11-17-27/h5-17,22,28H,18-21H2,1-4H3,(H,32,36)/t28-/m0/s1. The number of benzene rings is 3. The summed E-state index contributed by atoms with van der Waals surface area (Å²) in [6.45, 7) is 6.00. The van der Waals surface area contributed by atoms with Crippen LogP contribution in [0, 0.1) is 12.8 Å². The minimum Gasteiger partial charge on any atom is -0.354 e. The van der Waals surface area contributed by atoms with Crippen molar-refractivity contribution in [1.29, 1.82) is 0 Å². The molecule has 0 fully saturated rings. The third-order valence-corrected chi connectivity index (χ3v) is 7.62. The number of rotatable bonds is 12. The van der Waals surface area contributed by atoms with Gasteiger partial charge in [-0.1, -0.05) is 85.6 Å². The first-order chi connectivity index (χ1) is 18.4. The van der Waals surface area contributed by atoms with E-state index >= 15 is 0 Å². The van der Waals surface area contributed by atoms with E-state index in [4.69, 9.17) is 11.6 Å². The number of carbonyl (C=O) groups excluding carboxylic acids is 2. The lowest BCUT2D eigenvalue weighted by atomic mass is 10.0. The Hall–Kier alpha value is -3.36. The molecule has 2 amide bonds. The van der Waals surface area contributed by atoms with Crippen LogP contribution in [0.4, 0.5) is 5.69 Å². The van der Waals surface area contributed by atoms with Crippen molar-refractivity contribution in [3.05, 3.63) is 101 Å². The molecular formula is C30H36ClN3O4S. The molecule has 9 heteroatoms. The zero-order valence-electron chi connectivity index (χ0n) is 22.8. The third kappa shape index (κ3) is 9.11. The Morgan fingerprint density at radius 2 is 1.51 bits per heavy atom. The topological polar surface area (TPSA) is 86.8 Å². The van der Waals surface area contributed by atoms with Gasteiger partial charge in [0.05, 0.1) is 11.9 Å². The van der Waals surface area contributed by atoms with Crippen LogP contribution < -0.4 is 9.62 Å². The minimum absolute atomic E-state index is 0.105. The highest BCUT2D eigenvalue weighted by Crippen LogP contribution is 2.21. The fourth-order valence-corrected chi connectivity index (χ4v) is 5.06. The van der Waals surface area contributed by atoms with Crippen LogP contribution in [-0.4, -0.2) is 50.5 Å². The summed E-state index contributed by atoms with van der Waals surface area (Å²) in [4.78, 5) is 29.0. The number of nitrogens with zero attached hydrogens (tertiary/aromatic N) is 2. The van der Waals surface area contributed by atoms with Crippen molar-refractivity contribution in [3.8, 4) is 0 Å². The fraction of sp³-hybridized carbons (Fsp3) is 0.333. The van der Waals surface area contributed by atoms with Crippen molar-refractivity contribution >= 4 is 39.1 Å². The molecule has 3 aromatic carbocycles. The third-order valence-electron chi connectivity index (χ3n) is 6.22. The number of amides is 2. The smallest absolute Gasteiger partial charge is 0.244 e. The van der Waals surface area contributed by atoms with Gasteiger partial charge in [0.2, 0.25) is 21.8 Å². The molecule has 7 nitrogen and oxygen atoms in total. The maximum Gasteiger partial charge on any atom is 0.244 e. The molecule has 1 atom stereocenters. The molecule has 3 aromatic rings. The average Bonchev–Trinajstić information content (AvgIpc) is 2.89. The number of hydrogen-bond acceptors (Lipinski definition) is 4. The molecule has 3 rings (SSSR count). The normalized spacial score (nSPS) is 12.2. The zero-order chi connectivity index (χ0) is 28.6. The van der Waals surface area contributed by atoms with Crippen LogP contribution in [0.5, 0.6) is 0 Å². The van der Waals surface area contributed by atoms with E-state index in [-0.39, 0.29) is 24.8 Å². The number of halogens is 1. The van der Waals surface area contributed by atoms with Gasteiger partial charge in [-0.15, -0.1) is 0 Å². The molecule has 208 valence electrons. The second-order valence-corrected chi connectivity index (χ2v) is 12.4. The van der Waals surface area contributed by atoms with Gasteiger partial charge >= 0.3 is 0 Å². The van der Waals surface area contributed by atoms with Crippen molar-refractivity contribution in [3.63, 3.8) is 0 Å². The monoisotopic (exact) mass is 569 g/mol. The van der Waals surface area contributed by atoms with Gasteiger partial charge in [-0.25, -0.2) is 8.42 Å². The van der Waals surface area contributed by atoms with Crippen LogP contribution in [0.1, 0.15) is 30.5 Å². The van der Waals surface area contributed by atoms with E-state index in [9.17, 15) is 18.0 Å². The quantitative estimate of drug-likeness (QED) is 0.338. The zero-order valence-corrected chi connectivity index (χ0v) is 24.4. The summed E-state index contributed by atoms with van der Waals surface area (Å²) in [6, 6.07) is 22.6. The molecular weight excluding hydrogens is 534 g/mol. The first-order valence-electron chi connectivity index (χ1n) is 12.8. The second-order valence-electron chi connectivity index (χ2n) is 10.1. The maximum absolute atomic E-state index is 14.0. The van der Waals surface area contributed by atoms with E-state index < -0.39 is 28.5 Å². The highest BCUT2D eigenvalue weighted by atomic mass is 35.5. The number of carbonyl (C=O) groups is 2. The molecule has 0 saturated carbocycles. The fourth-order valence-electron chi connectivity index (χ4n) is 4.09. The van der Waals surface area contributed by atoms with E-state index in [1.165, 1.54) is 4.90 Å². The van der Waals surface area contributed by atoms with Crippen LogP contribution in [0.3, 0.4) is 0 Å². The summed E-state index contributed by atoms with van der Waals surface area (Å²) in [7, 11) is -3.80. The largest absolute Gasteiger partial charge is 0.354 e. The molecule has 0 heterocycles. The van der Waals surface area contributed by atoms with Gasteiger partial charge in [0, 0.05) is 24.5 Å². The van der Waals surface area contributed by atoms with Crippen LogP contribution in [0.2, 0.25) is 5.02 Å². The van der Waals surface area contributed by atoms with Gasteiger partial charge < -0.3 is 10.2 Å². The molecule has 0 aliphatic carbocycles. The van der Waals surface area contributed by atoms with Gasteiger partial charge in [-0.05, 0) is 48.2 Å². The summed E-state index contributed by atoms with van der Waals surface area (Å²) in [5.41, 5.74) is 3.00. The molecule has 0 aliphatic heterocycles. The van der Waals surface area contributed by atoms with Gasteiger partial charge in [-0.3, -0.25) is 13.9 Å². The van der Waals surface area contributed by atoms with Crippen molar-refractivity contribution in [2.24, 2.45) is 5.92 Å². The van der Waals surface area contributed by atoms with Gasteiger partial charge in [0.15, 0.2) is 0 Å². The summed E-state index contributed by atoms with van der Waals surface area (Å²) in [5, 5.41) is 3.52. The molecule has 0 aliphatic rings. The highest BCUT2D eigenvalue weighted by Gasteiger charge is 2.33. The average molecular weight is 570 g/mol. The number of anilines is 1. The van der Waals surface area contributed by atoms with Gasteiger partial charge in [0.1, 0.15) is 12.6 Å². The molecule has 0 bridgehead atoms. The van der Waals surface area contributed by atoms with Crippen molar-refractivity contribution in [1.82, 2.24) is 10.2 Å². The lowest BCUT2D eigenvalue weighted by Gasteiger charge is -2.33. The molecule has 0 spiro atoms. The Morgan fingerprint density at radius 3 is 2.08 bits per heavy atom. The molecule has 1 N–H and O–H groups in total. The van der Waals surface area contributed by atoms with Crippen molar-refractivity contribution in [2.75, 3.05) is 23.7 Å². The number of nitrogens with one attached hydrogen (secondary N) is 1. The molecule has 0 aromatic heterocycles. The molecule has 0 unspecified atom stereocenters. The number of aryl methyl sites for hydroxylation is 1. The Morgan fingerprint density at radius 1 is 0.897 bits per heavy atom. The Labute approximate surface area is 236 Å². The maximum atomic E-state index is 14.0. The van der Waals surface area contributed by atoms with Crippen LogP contribution >= 0.6 is 11.6 Å². The summed E-state index contributed by atoms with van der Waals surface area (Å²) in [6.07, 6.45) is 1.34. The lowest BCUT2D eigenvalue weighted by Crippen LogP contribution is -2.53. The van der Waals surface area contributed by atoms with Crippen LogP contribution in [0.15, 0.2) is 78.9 Å². The predicted molar refractivity (Wildman–Crippen MR) is 157 cm³/mol. The van der Waals surface area contributed by atoms with Crippen molar-refractivity contribution < 1.29 is 18.0 Å². The highest BCUT2D eigenvalue weighted by molar-refractivity contribution is 7.92. The SMILES string of the molecule is Cc1ccc(N(CC(=O)N(Cc2ccc(Cl)cc2)[C@@H](Cc2ccccc2)C(=O)NCC(C)C)S(C)(=O)=O)cc1. The van der Waals surface area contributed by atoms with Crippen LogP contribution in [0.25, 0.3) is 0 Å². The van der Waals surface area contributed by atoms with Gasteiger partial charge in [0.25, 0.3) is 0 Å². The van der Waals surface area contributed by atoms with E-state index in [0.717, 1.165) is 27.3 Å². The number of sulfonamides is 1. The number of hydrogen-bond donors (Lipinski definition) is 1. The first kappa shape index (κ1) is 30.2. The van der Waals surface area contributed by atoms with Gasteiger partial charge in [-0.2, -0.15) is 0 Å².